The molecule has 0 nitrogen and oxygen atoms in total. The molecular weight excluding hydrogens is 192 g/mol. The minimum Gasteiger partial charge on any atom is -0.0845 e. The van der Waals surface area contributed by atoms with Crippen molar-refractivity contribution in [3.63, 3.8) is 0 Å². The van der Waals surface area contributed by atoms with Crippen LogP contribution in [0, 0.1) is 0 Å². The van der Waals surface area contributed by atoms with Crippen LogP contribution in [0.4, 0.5) is 0 Å². The summed E-state index contributed by atoms with van der Waals surface area (Å²) in [5, 5.41) is 0. The third-order valence-corrected chi connectivity index (χ3v) is 3.15. The van der Waals surface area contributed by atoms with Crippen LogP contribution < -0.4 is 0 Å². The third kappa shape index (κ3) is 3.37. The molecule has 16 heavy (non-hydrogen) atoms. The lowest BCUT2D eigenvalue weighted by atomic mass is 9.93. The van der Waals surface area contributed by atoms with E-state index in [-0.39, 0.29) is 0 Å². The zero-order chi connectivity index (χ0) is 11.1. The van der Waals surface area contributed by atoms with E-state index in [1.165, 1.54) is 43.3 Å². The van der Waals surface area contributed by atoms with E-state index in [2.05, 4.69) is 48.6 Å². The Hall–Kier alpha value is -1.30. The van der Waals surface area contributed by atoms with Gasteiger partial charge in [-0.15, -0.1) is 0 Å². The van der Waals surface area contributed by atoms with E-state index in [4.69, 9.17) is 0 Å². The Balaban J connectivity index is 2.15. The van der Waals surface area contributed by atoms with Crippen LogP contribution in [-0.2, 0) is 0 Å². The molecule has 0 N–H and O–H groups in total. The Kier molecular flexibility index (Phi) is 4.42. The van der Waals surface area contributed by atoms with Crippen molar-refractivity contribution in [1.29, 1.82) is 0 Å². The molecule has 0 unspecified atom stereocenters. The molecule has 0 aromatic heterocycles. The molecule has 0 atom stereocenters. The van der Waals surface area contributed by atoms with Gasteiger partial charge >= 0.3 is 0 Å². The molecule has 0 heterocycles. The molecule has 0 amide bonds. The Labute approximate surface area is 98.8 Å². The topological polar surface area (TPSA) is 0 Å². The van der Waals surface area contributed by atoms with Crippen molar-refractivity contribution in [2.75, 3.05) is 0 Å². The molecule has 0 fully saturated rings. The Morgan fingerprint density at radius 2 is 1.44 bits per heavy atom. The van der Waals surface area contributed by atoms with Crippen molar-refractivity contribution in [2.45, 2.75) is 38.5 Å². The average molecular weight is 212 g/mol. The maximum absolute atomic E-state index is 2.31. The van der Waals surface area contributed by atoms with E-state index in [9.17, 15) is 0 Å². The Morgan fingerprint density at radius 3 is 2.44 bits per heavy atom. The van der Waals surface area contributed by atoms with E-state index < -0.39 is 0 Å². The molecular formula is C16H20. The quantitative estimate of drug-likeness (QED) is 0.581. The minimum atomic E-state index is 1.16. The second-order valence-corrected chi connectivity index (χ2v) is 4.41. The van der Waals surface area contributed by atoms with Crippen molar-refractivity contribution in [1.82, 2.24) is 0 Å². The normalized spacial score (nSPS) is 21.5. The summed E-state index contributed by atoms with van der Waals surface area (Å²) in [6.07, 6.45) is 25.3. The van der Waals surface area contributed by atoms with Crippen molar-refractivity contribution < 1.29 is 0 Å². The molecule has 2 aliphatic carbocycles. The van der Waals surface area contributed by atoms with Crippen LogP contribution in [0.5, 0.6) is 0 Å². The Morgan fingerprint density at radius 1 is 0.625 bits per heavy atom. The van der Waals surface area contributed by atoms with Crippen LogP contribution in [0.15, 0.2) is 59.8 Å². The highest BCUT2D eigenvalue weighted by molar-refractivity contribution is 5.37. The van der Waals surface area contributed by atoms with E-state index in [0.717, 1.165) is 6.42 Å². The maximum Gasteiger partial charge on any atom is -0.0241 e. The van der Waals surface area contributed by atoms with Crippen molar-refractivity contribution in [2.24, 2.45) is 0 Å². The SMILES string of the molecule is C1=CC=C(C2=CC=CCCCC2)CCC=C1. The molecule has 2 rings (SSSR count). The van der Waals surface area contributed by atoms with Crippen molar-refractivity contribution in [3.8, 4) is 0 Å². The zero-order valence-electron chi connectivity index (χ0n) is 9.86. The highest BCUT2D eigenvalue weighted by atomic mass is 14.1. The summed E-state index contributed by atoms with van der Waals surface area (Å²) in [5.74, 6) is 0. The minimum absolute atomic E-state index is 1.16. The molecule has 0 saturated heterocycles. The molecule has 0 bridgehead atoms. The first-order valence-electron chi connectivity index (χ1n) is 6.35. The van der Waals surface area contributed by atoms with Crippen LogP contribution in [0.3, 0.4) is 0 Å². The van der Waals surface area contributed by atoms with Crippen molar-refractivity contribution >= 4 is 0 Å². The van der Waals surface area contributed by atoms with Crippen LogP contribution in [0.1, 0.15) is 38.5 Å². The summed E-state index contributed by atoms with van der Waals surface area (Å²) in [6.45, 7) is 0. The van der Waals surface area contributed by atoms with Crippen LogP contribution in [-0.4, -0.2) is 0 Å². The van der Waals surface area contributed by atoms with Gasteiger partial charge in [0, 0.05) is 0 Å². The first-order valence-corrected chi connectivity index (χ1v) is 6.35. The Bertz CT molecular complexity index is 361. The van der Waals surface area contributed by atoms with E-state index in [0.29, 0.717) is 0 Å². The van der Waals surface area contributed by atoms with Crippen LogP contribution in [0.2, 0.25) is 0 Å². The van der Waals surface area contributed by atoms with Gasteiger partial charge in [-0.05, 0) is 49.7 Å². The summed E-state index contributed by atoms with van der Waals surface area (Å²) >= 11 is 0. The van der Waals surface area contributed by atoms with Gasteiger partial charge < -0.3 is 0 Å². The van der Waals surface area contributed by atoms with Gasteiger partial charge in [0.1, 0.15) is 0 Å². The van der Waals surface area contributed by atoms with Gasteiger partial charge in [-0.2, -0.15) is 0 Å². The van der Waals surface area contributed by atoms with E-state index in [1.807, 2.05) is 0 Å². The molecule has 0 aromatic rings. The standard InChI is InChI=1S/C16H20/c1-3-7-11-15(12-8-4-1)16-13-9-5-2-6-10-14-16/h1,3-5,7,9,11,13H,2,6,8,10,12,14H2. The van der Waals surface area contributed by atoms with Crippen molar-refractivity contribution in [3.05, 3.63) is 59.8 Å². The fourth-order valence-electron chi connectivity index (χ4n) is 2.21. The molecule has 0 aromatic carbocycles. The maximum atomic E-state index is 2.31. The summed E-state index contributed by atoms with van der Waals surface area (Å²) in [6, 6.07) is 0. The van der Waals surface area contributed by atoms with Gasteiger partial charge in [0.2, 0.25) is 0 Å². The smallest absolute Gasteiger partial charge is 0.0241 e. The number of hydrogen-bond donors (Lipinski definition) is 0. The summed E-state index contributed by atoms with van der Waals surface area (Å²) in [4.78, 5) is 0. The number of rotatable bonds is 1. The highest BCUT2D eigenvalue weighted by Crippen LogP contribution is 2.24. The molecule has 84 valence electrons. The van der Waals surface area contributed by atoms with E-state index in [1.54, 1.807) is 0 Å². The molecule has 0 heteroatoms. The molecule has 0 radical (unpaired) electrons. The molecule has 2 aliphatic rings. The lowest BCUT2D eigenvalue weighted by Gasteiger charge is -2.13. The lowest BCUT2D eigenvalue weighted by molar-refractivity contribution is 0.734. The zero-order valence-corrected chi connectivity index (χ0v) is 9.86. The number of allylic oxidation sites excluding steroid dienone is 10. The monoisotopic (exact) mass is 212 g/mol. The predicted octanol–water partition coefficient (Wildman–Crippen LogP) is 4.88. The number of hydrogen-bond acceptors (Lipinski definition) is 0. The summed E-state index contributed by atoms with van der Waals surface area (Å²) in [5.41, 5.74) is 3.06. The van der Waals surface area contributed by atoms with Gasteiger partial charge in [0.15, 0.2) is 0 Å². The fraction of sp³-hybridized carbons (Fsp3) is 0.375. The molecule has 0 spiro atoms. The summed E-state index contributed by atoms with van der Waals surface area (Å²) in [7, 11) is 0. The molecule has 0 aliphatic heterocycles. The van der Waals surface area contributed by atoms with Gasteiger partial charge in [0.25, 0.3) is 0 Å². The summed E-state index contributed by atoms with van der Waals surface area (Å²) < 4.78 is 0. The third-order valence-electron chi connectivity index (χ3n) is 3.15. The van der Waals surface area contributed by atoms with Crippen LogP contribution in [0.25, 0.3) is 0 Å². The fourth-order valence-corrected chi connectivity index (χ4v) is 2.21. The predicted molar refractivity (Wildman–Crippen MR) is 71.3 cm³/mol. The average Bonchev–Trinajstić information content (AvgIpc) is 2.18. The van der Waals surface area contributed by atoms with Gasteiger partial charge in [0.05, 0.1) is 0 Å². The van der Waals surface area contributed by atoms with E-state index >= 15 is 0 Å². The van der Waals surface area contributed by atoms with Gasteiger partial charge in [-0.1, -0.05) is 48.6 Å². The van der Waals surface area contributed by atoms with Crippen LogP contribution >= 0.6 is 0 Å². The van der Waals surface area contributed by atoms with Gasteiger partial charge in [-0.3, -0.25) is 0 Å². The first-order chi connectivity index (χ1) is 7.97. The second-order valence-electron chi connectivity index (χ2n) is 4.41. The largest absolute Gasteiger partial charge is 0.0845 e. The second kappa shape index (κ2) is 6.32. The molecule has 0 saturated carbocycles. The van der Waals surface area contributed by atoms with Gasteiger partial charge in [-0.25, -0.2) is 0 Å². The first kappa shape index (κ1) is 11.2. The highest BCUT2D eigenvalue weighted by Gasteiger charge is 2.05. The lowest BCUT2D eigenvalue weighted by Crippen LogP contribution is -1.93.